The summed E-state index contributed by atoms with van der Waals surface area (Å²) in [7, 11) is 0. The first-order valence-electron chi connectivity index (χ1n) is 5.26. The summed E-state index contributed by atoms with van der Waals surface area (Å²) in [6.45, 7) is 2.73. The maximum absolute atomic E-state index is 8.50. The Bertz CT molecular complexity index is 520. The molecule has 1 heterocycles. The van der Waals surface area contributed by atoms with Gasteiger partial charge in [0, 0.05) is 11.8 Å². The van der Waals surface area contributed by atoms with Crippen molar-refractivity contribution in [3.8, 4) is 17.2 Å². The number of aryl methyl sites for hydroxylation is 2. The number of rotatable bonds is 3. The van der Waals surface area contributed by atoms with Crippen LogP contribution in [0.5, 0.6) is 0 Å². The highest BCUT2D eigenvalue weighted by molar-refractivity contribution is 5.62. The van der Waals surface area contributed by atoms with Gasteiger partial charge >= 0.3 is 0 Å². The predicted octanol–water partition coefficient (Wildman–Crippen LogP) is 2.77. The molecule has 3 nitrogen and oxygen atoms in total. The number of hydrogen-bond acceptors (Lipinski definition) is 2. The minimum Gasteiger partial charge on any atom is -0.271 e. The topological polar surface area (TPSA) is 41.6 Å². The van der Waals surface area contributed by atoms with E-state index in [2.05, 4.69) is 36.3 Å². The molecule has 0 aliphatic carbocycles. The molecule has 1 aromatic carbocycles. The van der Waals surface area contributed by atoms with E-state index < -0.39 is 0 Å². The molecule has 0 aliphatic rings. The van der Waals surface area contributed by atoms with Crippen LogP contribution in [0.2, 0.25) is 0 Å². The summed E-state index contributed by atoms with van der Waals surface area (Å²) in [4.78, 5) is 0. The molecule has 2 rings (SSSR count). The van der Waals surface area contributed by atoms with E-state index in [9.17, 15) is 0 Å². The molecule has 0 saturated heterocycles. The summed E-state index contributed by atoms with van der Waals surface area (Å²) in [6.07, 6.45) is 4.31. The average Bonchev–Trinajstić information content (AvgIpc) is 2.75. The van der Waals surface area contributed by atoms with Crippen molar-refractivity contribution in [2.45, 2.75) is 19.9 Å². The zero-order valence-corrected chi connectivity index (χ0v) is 9.22. The fourth-order valence-corrected chi connectivity index (χ4v) is 1.62. The van der Waals surface area contributed by atoms with E-state index in [1.807, 2.05) is 18.5 Å². The lowest BCUT2D eigenvalue weighted by atomic mass is 10.1. The van der Waals surface area contributed by atoms with Crippen LogP contribution in [0.4, 0.5) is 0 Å². The van der Waals surface area contributed by atoms with Crippen LogP contribution < -0.4 is 0 Å². The quantitative estimate of drug-likeness (QED) is 0.783. The molecule has 3 heteroatoms. The van der Waals surface area contributed by atoms with Crippen molar-refractivity contribution in [2.24, 2.45) is 0 Å². The van der Waals surface area contributed by atoms with Crippen molar-refractivity contribution in [1.29, 1.82) is 5.26 Å². The first kappa shape index (κ1) is 10.4. The molecule has 0 saturated carbocycles. The Hall–Kier alpha value is -2.08. The van der Waals surface area contributed by atoms with Crippen molar-refractivity contribution in [1.82, 2.24) is 9.78 Å². The second-order valence-corrected chi connectivity index (χ2v) is 3.77. The summed E-state index contributed by atoms with van der Waals surface area (Å²) in [5.74, 6) is 0. The van der Waals surface area contributed by atoms with Crippen LogP contribution >= 0.6 is 0 Å². The van der Waals surface area contributed by atoms with Crippen LogP contribution in [-0.4, -0.2) is 9.78 Å². The van der Waals surface area contributed by atoms with Gasteiger partial charge in [-0.25, -0.2) is 0 Å². The van der Waals surface area contributed by atoms with Crippen molar-refractivity contribution in [3.05, 3.63) is 42.2 Å². The second-order valence-electron chi connectivity index (χ2n) is 3.77. The summed E-state index contributed by atoms with van der Waals surface area (Å²) in [5, 5.41) is 12.7. The molecule has 0 atom stereocenters. The maximum atomic E-state index is 8.50. The van der Waals surface area contributed by atoms with E-state index in [0.29, 0.717) is 13.0 Å². The van der Waals surface area contributed by atoms with Crippen LogP contribution in [0.15, 0.2) is 36.7 Å². The minimum absolute atomic E-state index is 0.495. The number of nitriles is 1. The first-order valence-corrected chi connectivity index (χ1v) is 5.26. The van der Waals surface area contributed by atoms with Gasteiger partial charge in [-0.15, -0.1) is 0 Å². The third-order valence-electron chi connectivity index (χ3n) is 2.44. The summed E-state index contributed by atoms with van der Waals surface area (Å²) in [5.41, 5.74) is 3.51. The van der Waals surface area contributed by atoms with Gasteiger partial charge in [0.2, 0.25) is 0 Å². The van der Waals surface area contributed by atoms with Gasteiger partial charge in [0.15, 0.2) is 0 Å². The third-order valence-corrected chi connectivity index (χ3v) is 2.44. The van der Waals surface area contributed by atoms with Gasteiger partial charge in [-0.3, -0.25) is 4.68 Å². The molecule has 0 spiro atoms. The van der Waals surface area contributed by atoms with Crippen LogP contribution in [0, 0.1) is 18.3 Å². The van der Waals surface area contributed by atoms with E-state index in [0.717, 1.165) is 5.56 Å². The Labute approximate surface area is 94.9 Å². The molecular weight excluding hydrogens is 198 g/mol. The first-order chi connectivity index (χ1) is 7.79. The molecule has 1 aromatic heterocycles. The summed E-state index contributed by atoms with van der Waals surface area (Å²) < 4.78 is 1.81. The van der Waals surface area contributed by atoms with Gasteiger partial charge in [-0.1, -0.05) is 29.8 Å². The van der Waals surface area contributed by atoms with Crippen molar-refractivity contribution in [2.75, 3.05) is 0 Å². The van der Waals surface area contributed by atoms with Gasteiger partial charge < -0.3 is 0 Å². The Kier molecular flexibility index (Phi) is 3.02. The Morgan fingerprint density at radius 2 is 2.25 bits per heavy atom. The largest absolute Gasteiger partial charge is 0.271 e. The fourth-order valence-electron chi connectivity index (χ4n) is 1.62. The van der Waals surface area contributed by atoms with Crippen LogP contribution in [-0.2, 0) is 6.54 Å². The maximum Gasteiger partial charge on any atom is 0.0641 e. The Morgan fingerprint density at radius 3 is 3.00 bits per heavy atom. The molecule has 2 aromatic rings. The smallest absolute Gasteiger partial charge is 0.0641 e. The highest BCUT2D eigenvalue weighted by Crippen LogP contribution is 2.19. The molecule has 80 valence electrons. The number of benzene rings is 1. The van der Waals surface area contributed by atoms with Crippen molar-refractivity contribution >= 4 is 0 Å². The fraction of sp³-hybridized carbons (Fsp3) is 0.231. The standard InChI is InChI=1S/C13H13N3/c1-11-4-2-5-12(8-11)13-9-15-16(10-13)7-3-6-14/h2,4-5,8-10H,3,7H2,1H3. The Balaban J connectivity index is 2.22. The summed E-state index contributed by atoms with van der Waals surface area (Å²) in [6, 6.07) is 10.4. The molecule has 0 fully saturated rings. The molecule has 0 radical (unpaired) electrons. The van der Waals surface area contributed by atoms with E-state index in [1.165, 1.54) is 11.1 Å². The highest BCUT2D eigenvalue weighted by atomic mass is 15.3. The van der Waals surface area contributed by atoms with Gasteiger partial charge in [0.05, 0.1) is 25.2 Å². The van der Waals surface area contributed by atoms with E-state index >= 15 is 0 Å². The number of aromatic nitrogens is 2. The van der Waals surface area contributed by atoms with Crippen LogP contribution in [0.3, 0.4) is 0 Å². The monoisotopic (exact) mass is 211 g/mol. The van der Waals surface area contributed by atoms with Crippen LogP contribution in [0.1, 0.15) is 12.0 Å². The zero-order valence-electron chi connectivity index (χ0n) is 9.22. The molecule has 0 N–H and O–H groups in total. The lowest BCUT2D eigenvalue weighted by molar-refractivity contribution is 0.628. The molecular formula is C13H13N3. The van der Waals surface area contributed by atoms with E-state index in [-0.39, 0.29) is 0 Å². The Morgan fingerprint density at radius 1 is 1.38 bits per heavy atom. The second kappa shape index (κ2) is 4.63. The average molecular weight is 211 g/mol. The van der Waals surface area contributed by atoms with E-state index in [1.54, 1.807) is 4.68 Å². The SMILES string of the molecule is Cc1cccc(-c2cnn(CCC#N)c2)c1. The number of nitrogens with zero attached hydrogens (tertiary/aromatic N) is 3. The lowest BCUT2D eigenvalue weighted by Crippen LogP contribution is -1.96. The van der Waals surface area contributed by atoms with Crippen LogP contribution in [0.25, 0.3) is 11.1 Å². The molecule has 0 unspecified atom stereocenters. The molecule has 0 bridgehead atoms. The third kappa shape index (κ3) is 2.29. The van der Waals surface area contributed by atoms with E-state index in [4.69, 9.17) is 5.26 Å². The van der Waals surface area contributed by atoms with Gasteiger partial charge in [0.25, 0.3) is 0 Å². The molecule has 0 aliphatic heterocycles. The minimum atomic E-state index is 0.495. The zero-order chi connectivity index (χ0) is 11.4. The summed E-state index contributed by atoms with van der Waals surface area (Å²) >= 11 is 0. The van der Waals surface area contributed by atoms with Gasteiger partial charge in [-0.05, 0) is 12.5 Å². The van der Waals surface area contributed by atoms with Gasteiger partial charge in [0.1, 0.15) is 0 Å². The normalized spacial score (nSPS) is 10.0. The predicted molar refractivity (Wildman–Crippen MR) is 62.6 cm³/mol. The van der Waals surface area contributed by atoms with Crippen molar-refractivity contribution in [3.63, 3.8) is 0 Å². The number of hydrogen-bond donors (Lipinski definition) is 0. The van der Waals surface area contributed by atoms with Gasteiger partial charge in [-0.2, -0.15) is 10.4 Å². The molecule has 0 amide bonds. The van der Waals surface area contributed by atoms with Crippen molar-refractivity contribution < 1.29 is 0 Å². The lowest BCUT2D eigenvalue weighted by Gasteiger charge is -1.98. The molecule has 16 heavy (non-hydrogen) atoms. The highest BCUT2D eigenvalue weighted by Gasteiger charge is 2.01.